The van der Waals surface area contributed by atoms with E-state index in [-0.39, 0.29) is 0 Å². The summed E-state index contributed by atoms with van der Waals surface area (Å²) in [5.41, 5.74) is 0. The van der Waals surface area contributed by atoms with Gasteiger partial charge in [0.15, 0.2) is 0 Å². The third-order valence-corrected chi connectivity index (χ3v) is 1.06. The minimum atomic E-state index is -0.400. The molecule has 0 aliphatic heterocycles. The Morgan fingerprint density at radius 1 is 1.86 bits per heavy atom. The van der Waals surface area contributed by atoms with Gasteiger partial charge in [0, 0.05) is 13.6 Å². The van der Waals surface area contributed by atoms with Crippen LogP contribution in [0.15, 0.2) is 0 Å². The van der Waals surface area contributed by atoms with Gasteiger partial charge in [-0.15, -0.1) is 0 Å². The molecule has 0 aromatic rings. The second kappa shape index (κ2) is 2.86. The van der Waals surface area contributed by atoms with Crippen LogP contribution in [0.4, 0.5) is 4.79 Å². The molecule has 0 saturated carbocycles. The molecule has 0 radical (unpaired) electrons. The quantitative estimate of drug-likeness (QED) is 0.378. The molecule has 0 spiro atoms. The van der Waals surface area contributed by atoms with Crippen molar-refractivity contribution in [2.45, 2.75) is 6.92 Å². The highest BCUT2D eigenvalue weighted by Crippen LogP contribution is 1.88. The summed E-state index contributed by atoms with van der Waals surface area (Å²) in [7, 11) is 1.65. The first kappa shape index (κ1) is 6.76. The summed E-state index contributed by atoms with van der Waals surface area (Å²) in [6.07, 6.45) is 0. The minimum absolute atomic E-state index is 0.400. The van der Waals surface area contributed by atoms with Gasteiger partial charge in [-0.3, -0.25) is 4.79 Å². The molecule has 7 heavy (non-hydrogen) atoms. The second-order valence-corrected chi connectivity index (χ2v) is 1.59. The van der Waals surface area contributed by atoms with Crippen LogP contribution in [0.3, 0.4) is 0 Å². The Kier molecular flexibility index (Phi) is 2.76. The van der Waals surface area contributed by atoms with E-state index >= 15 is 0 Å². The average molecular weight is 122 g/mol. The third kappa shape index (κ3) is 2.45. The Morgan fingerprint density at radius 3 is 2.29 bits per heavy atom. The monoisotopic (exact) mass is 121 g/mol. The van der Waals surface area contributed by atoms with E-state index in [1.54, 1.807) is 7.05 Å². The van der Waals surface area contributed by atoms with Gasteiger partial charge < -0.3 is 4.90 Å². The van der Waals surface area contributed by atoms with E-state index in [0.29, 0.717) is 6.54 Å². The predicted molar refractivity (Wildman–Crippen MR) is 29.6 cm³/mol. The van der Waals surface area contributed by atoms with Crippen LogP contribution in [-0.2, 0) is 0 Å². The van der Waals surface area contributed by atoms with Gasteiger partial charge in [-0.05, 0) is 18.5 Å². The van der Waals surface area contributed by atoms with Gasteiger partial charge in [0.05, 0.1) is 0 Å². The highest BCUT2D eigenvalue weighted by Gasteiger charge is 1.97. The predicted octanol–water partition coefficient (Wildman–Crippen LogP) is 1.30. The fourth-order valence-corrected chi connectivity index (χ4v) is 0.244. The Labute approximate surface area is 48.1 Å². The lowest BCUT2D eigenvalue weighted by Gasteiger charge is -2.06. The van der Waals surface area contributed by atoms with Crippen molar-refractivity contribution in [3.63, 3.8) is 0 Å². The van der Waals surface area contributed by atoms with Gasteiger partial charge in [-0.1, -0.05) is 0 Å². The highest BCUT2D eigenvalue weighted by atomic mass is 35.5. The second-order valence-electron chi connectivity index (χ2n) is 1.27. The molecule has 0 rings (SSSR count). The van der Waals surface area contributed by atoms with E-state index in [1.807, 2.05) is 6.92 Å². The Hall–Kier alpha value is -0.240. The Balaban J connectivity index is 3.34. The summed E-state index contributed by atoms with van der Waals surface area (Å²) in [4.78, 5) is 11.5. The summed E-state index contributed by atoms with van der Waals surface area (Å²) in [5, 5.41) is -0.400. The summed E-state index contributed by atoms with van der Waals surface area (Å²) >= 11 is 5.02. The van der Waals surface area contributed by atoms with Gasteiger partial charge in [-0.2, -0.15) is 0 Å². The molecule has 2 nitrogen and oxygen atoms in total. The van der Waals surface area contributed by atoms with Crippen molar-refractivity contribution in [1.29, 1.82) is 0 Å². The van der Waals surface area contributed by atoms with E-state index in [2.05, 4.69) is 0 Å². The van der Waals surface area contributed by atoms with E-state index in [4.69, 9.17) is 11.6 Å². The zero-order valence-corrected chi connectivity index (χ0v) is 5.20. The lowest BCUT2D eigenvalue weighted by Crippen LogP contribution is -2.19. The SMILES string of the molecule is CCN(C)C(=O)Cl. The standard InChI is InChI=1S/C4H8ClNO/c1-3-6(2)4(5)7/h3H2,1-2H3. The molecule has 3 heteroatoms. The summed E-state index contributed by atoms with van der Waals surface area (Å²) < 4.78 is 0. The summed E-state index contributed by atoms with van der Waals surface area (Å²) in [5.74, 6) is 0. The molecule has 0 saturated heterocycles. The van der Waals surface area contributed by atoms with E-state index in [9.17, 15) is 4.79 Å². The average Bonchev–Trinajstić information content (AvgIpc) is 1.65. The summed E-state index contributed by atoms with van der Waals surface area (Å²) in [6.45, 7) is 2.53. The lowest BCUT2D eigenvalue weighted by atomic mass is 10.7. The van der Waals surface area contributed by atoms with Crippen LogP contribution in [-0.4, -0.2) is 23.9 Å². The van der Waals surface area contributed by atoms with E-state index in [0.717, 1.165) is 0 Å². The summed E-state index contributed by atoms with van der Waals surface area (Å²) in [6, 6.07) is 0. The van der Waals surface area contributed by atoms with Gasteiger partial charge in [0.2, 0.25) is 0 Å². The molecule has 0 N–H and O–H groups in total. The third-order valence-electron chi connectivity index (χ3n) is 0.774. The number of carbonyl (C=O) groups is 1. The zero-order chi connectivity index (χ0) is 5.86. The van der Waals surface area contributed by atoms with E-state index < -0.39 is 5.37 Å². The van der Waals surface area contributed by atoms with Crippen molar-refractivity contribution >= 4 is 17.0 Å². The van der Waals surface area contributed by atoms with Crippen molar-refractivity contribution < 1.29 is 4.79 Å². The number of nitrogens with zero attached hydrogens (tertiary/aromatic N) is 1. The van der Waals surface area contributed by atoms with Crippen LogP contribution in [0.5, 0.6) is 0 Å². The maximum Gasteiger partial charge on any atom is 0.316 e. The molecule has 1 amide bonds. The molecule has 0 heterocycles. The topological polar surface area (TPSA) is 20.3 Å². The van der Waals surface area contributed by atoms with E-state index in [1.165, 1.54) is 4.90 Å². The van der Waals surface area contributed by atoms with Crippen molar-refractivity contribution in [2.24, 2.45) is 0 Å². The first-order valence-electron chi connectivity index (χ1n) is 2.09. The number of hydrogen-bond donors (Lipinski definition) is 0. The molecule has 0 unspecified atom stereocenters. The van der Waals surface area contributed by atoms with Crippen LogP contribution in [0.25, 0.3) is 0 Å². The molecular formula is C4H8ClNO. The van der Waals surface area contributed by atoms with Crippen LogP contribution in [0.1, 0.15) is 6.92 Å². The molecule has 0 aliphatic carbocycles. The normalized spacial score (nSPS) is 8.43. The van der Waals surface area contributed by atoms with Crippen LogP contribution in [0, 0.1) is 0 Å². The highest BCUT2D eigenvalue weighted by molar-refractivity contribution is 6.62. The lowest BCUT2D eigenvalue weighted by molar-refractivity contribution is 0.234. The zero-order valence-electron chi connectivity index (χ0n) is 4.44. The molecule has 0 aromatic heterocycles. The number of rotatable bonds is 1. The van der Waals surface area contributed by atoms with Crippen LogP contribution < -0.4 is 0 Å². The molecule has 42 valence electrons. The molecular weight excluding hydrogens is 114 g/mol. The van der Waals surface area contributed by atoms with Crippen molar-refractivity contribution in [3.05, 3.63) is 0 Å². The molecule has 0 fully saturated rings. The van der Waals surface area contributed by atoms with Crippen molar-refractivity contribution in [1.82, 2.24) is 4.90 Å². The number of carbonyl (C=O) groups excluding carboxylic acids is 1. The number of halogens is 1. The van der Waals surface area contributed by atoms with Crippen molar-refractivity contribution in [2.75, 3.05) is 13.6 Å². The molecule has 0 aromatic carbocycles. The maximum absolute atomic E-state index is 10.1. The van der Waals surface area contributed by atoms with Crippen LogP contribution >= 0.6 is 11.6 Å². The molecule has 0 atom stereocenters. The smallest absolute Gasteiger partial charge is 0.316 e. The molecule has 0 aliphatic rings. The fourth-order valence-electron chi connectivity index (χ4n) is 0.124. The minimum Gasteiger partial charge on any atom is -0.333 e. The van der Waals surface area contributed by atoms with Crippen molar-refractivity contribution in [3.8, 4) is 0 Å². The maximum atomic E-state index is 10.1. The number of amides is 1. The van der Waals surface area contributed by atoms with Crippen LogP contribution in [0.2, 0.25) is 0 Å². The first-order valence-corrected chi connectivity index (χ1v) is 2.47. The number of hydrogen-bond acceptors (Lipinski definition) is 1. The van der Waals surface area contributed by atoms with Gasteiger partial charge in [0.25, 0.3) is 0 Å². The fraction of sp³-hybridized carbons (Fsp3) is 0.750. The molecule has 0 bridgehead atoms. The Bertz CT molecular complexity index is 74.1. The van der Waals surface area contributed by atoms with Gasteiger partial charge in [-0.25, -0.2) is 0 Å². The van der Waals surface area contributed by atoms with Gasteiger partial charge in [0.1, 0.15) is 0 Å². The van der Waals surface area contributed by atoms with Gasteiger partial charge >= 0.3 is 5.37 Å². The Morgan fingerprint density at radius 2 is 2.29 bits per heavy atom. The largest absolute Gasteiger partial charge is 0.333 e. The first-order chi connectivity index (χ1) is 3.18.